The fourth-order valence-corrected chi connectivity index (χ4v) is 7.27. The van der Waals surface area contributed by atoms with E-state index >= 15 is 0 Å². The Kier molecular flexibility index (Phi) is 4.72. The third-order valence-corrected chi connectivity index (χ3v) is 8.33. The van der Waals surface area contributed by atoms with Crippen LogP contribution in [0.4, 0.5) is 5.69 Å². The number of fused-ring (bicyclic) bond motifs is 1. The zero-order valence-electron chi connectivity index (χ0n) is 19.5. The summed E-state index contributed by atoms with van der Waals surface area (Å²) in [6.45, 7) is 0.234. The second-order valence-corrected chi connectivity index (χ2v) is 10.7. The van der Waals surface area contributed by atoms with Crippen molar-refractivity contribution in [2.75, 3.05) is 12.1 Å². The first-order chi connectivity index (χ1) is 17.1. The van der Waals surface area contributed by atoms with Crippen LogP contribution in [0.25, 0.3) is 11.8 Å². The van der Waals surface area contributed by atoms with Gasteiger partial charge in [0.1, 0.15) is 0 Å². The van der Waals surface area contributed by atoms with Crippen LogP contribution in [0.15, 0.2) is 54.7 Å². The van der Waals surface area contributed by atoms with Crippen molar-refractivity contribution in [3.63, 3.8) is 0 Å². The highest BCUT2D eigenvalue weighted by atomic mass is 16.7. The fourth-order valence-electron chi connectivity index (χ4n) is 7.27. The van der Waals surface area contributed by atoms with E-state index in [0.717, 1.165) is 40.4 Å². The van der Waals surface area contributed by atoms with E-state index in [1.165, 1.54) is 50.3 Å². The Hall–Kier alpha value is -3.61. The molecule has 2 aromatic carbocycles. The summed E-state index contributed by atoms with van der Waals surface area (Å²) in [4.78, 5) is 12.5. The van der Waals surface area contributed by atoms with Crippen LogP contribution < -0.4 is 14.8 Å². The summed E-state index contributed by atoms with van der Waals surface area (Å²) >= 11 is 0. The Morgan fingerprint density at radius 2 is 1.69 bits per heavy atom. The molecular weight excluding hydrogens is 440 g/mol. The van der Waals surface area contributed by atoms with Crippen LogP contribution in [-0.2, 0) is 10.2 Å². The first kappa shape index (κ1) is 20.7. The van der Waals surface area contributed by atoms with Crippen molar-refractivity contribution in [2.45, 2.75) is 43.9 Å². The van der Waals surface area contributed by atoms with Gasteiger partial charge in [-0.05, 0) is 104 Å². The van der Waals surface area contributed by atoms with Gasteiger partial charge in [0, 0.05) is 17.2 Å². The van der Waals surface area contributed by atoms with Gasteiger partial charge in [-0.15, -0.1) is 5.10 Å². The highest BCUT2D eigenvalue weighted by Crippen LogP contribution is 2.60. The van der Waals surface area contributed by atoms with E-state index in [0.29, 0.717) is 5.75 Å². The number of rotatable bonds is 5. The molecule has 0 spiro atoms. The molecule has 178 valence electrons. The minimum Gasteiger partial charge on any atom is -0.454 e. The molecule has 35 heavy (non-hydrogen) atoms. The van der Waals surface area contributed by atoms with E-state index in [9.17, 15) is 4.79 Å². The number of hydrogen-bond donors (Lipinski definition) is 1. The van der Waals surface area contributed by atoms with E-state index in [4.69, 9.17) is 9.47 Å². The van der Waals surface area contributed by atoms with Crippen molar-refractivity contribution in [3.05, 3.63) is 66.0 Å². The zero-order chi connectivity index (χ0) is 23.4. The molecule has 4 saturated carbocycles. The van der Waals surface area contributed by atoms with Crippen molar-refractivity contribution < 1.29 is 14.3 Å². The molecule has 4 aliphatic carbocycles. The van der Waals surface area contributed by atoms with Gasteiger partial charge in [-0.1, -0.05) is 11.3 Å². The minimum atomic E-state index is -0.189. The molecule has 1 aromatic heterocycles. The van der Waals surface area contributed by atoms with Crippen molar-refractivity contribution >= 4 is 17.7 Å². The fraction of sp³-hybridized carbons (Fsp3) is 0.393. The third-order valence-electron chi connectivity index (χ3n) is 8.33. The molecule has 4 bridgehead atoms. The summed E-state index contributed by atoms with van der Waals surface area (Å²) in [5, 5.41) is 11.7. The number of aromatic nitrogens is 3. The lowest BCUT2D eigenvalue weighted by Gasteiger charge is -2.56. The van der Waals surface area contributed by atoms with Crippen LogP contribution >= 0.6 is 0 Å². The SMILES string of the molecule is O=C(C=Cc1ccc2c(c1)OCO2)Nc1ccc(-n2nncc2C23CC4CC(CC(C4)C2)C3)cc1. The molecular formula is C28H28N4O3. The smallest absolute Gasteiger partial charge is 0.248 e. The maximum atomic E-state index is 12.5. The molecule has 3 aromatic rings. The first-order valence-corrected chi connectivity index (χ1v) is 12.5. The van der Waals surface area contributed by atoms with Gasteiger partial charge in [-0.25, -0.2) is 4.68 Å². The van der Waals surface area contributed by atoms with Crippen LogP contribution in [0.5, 0.6) is 11.5 Å². The summed E-state index contributed by atoms with van der Waals surface area (Å²) in [5.41, 5.74) is 4.10. The lowest BCUT2D eigenvalue weighted by molar-refractivity contribution is -0.111. The molecule has 2 heterocycles. The number of anilines is 1. The van der Waals surface area contributed by atoms with Gasteiger partial charge >= 0.3 is 0 Å². The number of amides is 1. The number of hydrogen-bond acceptors (Lipinski definition) is 5. The second-order valence-electron chi connectivity index (χ2n) is 10.7. The van der Waals surface area contributed by atoms with Crippen molar-refractivity contribution in [1.82, 2.24) is 15.0 Å². The summed E-state index contributed by atoms with van der Waals surface area (Å²) in [6, 6.07) is 13.5. The molecule has 0 saturated heterocycles. The minimum absolute atomic E-state index is 0.189. The molecule has 1 N–H and O–H groups in total. The van der Waals surface area contributed by atoms with Gasteiger partial charge in [-0.3, -0.25) is 4.79 Å². The van der Waals surface area contributed by atoms with Crippen molar-refractivity contribution in [3.8, 4) is 17.2 Å². The predicted molar refractivity (Wildman–Crippen MR) is 131 cm³/mol. The van der Waals surface area contributed by atoms with Crippen molar-refractivity contribution in [2.24, 2.45) is 17.8 Å². The lowest BCUT2D eigenvalue weighted by Crippen LogP contribution is -2.49. The van der Waals surface area contributed by atoms with Crippen LogP contribution in [0.1, 0.15) is 49.8 Å². The highest BCUT2D eigenvalue weighted by Gasteiger charge is 2.53. The van der Waals surface area contributed by atoms with Gasteiger partial charge in [-0.2, -0.15) is 0 Å². The molecule has 0 radical (unpaired) electrons. The standard InChI is InChI=1S/C28H28N4O3/c33-27(8-2-18-1-7-24-25(12-18)35-17-34-24)30-22-3-5-23(6-4-22)32-26(16-29-31-32)28-13-19-9-20(14-28)11-21(10-19)15-28/h1-8,12,16,19-21H,9-11,13-15,17H2,(H,30,33). The Morgan fingerprint density at radius 1 is 0.971 bits per heavy atom. The van der Waals surface area contributed by atoms with Crippen LogP contribution in [-0.4, -0.2) is 27.7 Å². The van der Waals surface area contributed by atoms with Crippen molar-refractivity contribution in [1.29, 1.82) is 0 Å². The molecule has 1 amide bonds. The van der Waals surface area contributed by atoms with E-state index in [1.54, 1.807) is 6.08 Å². The second kappa shape index (κ2) is 7.97. The number of carbonyl (C=O) groups excluding carboxylic acids is 1. The molecule has 7 heteroatoms. The summed E-state index contributed by atoms with van der Waals surface area (Å²) in [6.07, 6.45) is 13.3. The Bertz CT molecular complexity index is 1270. The zero-order valence-corrected chi connectivity index (χ0v) is 19.5. The molecule has 0 unspecified atom stereocenters. The topological polar surface area (TPSA) is 78.3 Å². The molecule has 7 nitrogen and oxygen atoms in total. The average Bonchev–Trinajstić information content (AvgIpc) is 3.52. The number of nitrogens with one attached hydrogen (secondary N) is 1. The number of carbonyl (C=O) groups is 1. The average molecular weight is 469 g/mol. The first-order valence-electron chi connectivity index (χ1n) is 12.5. The summed E-state index contributed by atoms with van der Waals surface area (Å²) < 4.78 is 12.7. The maximum Gasteiger partial charge on any atom is 0.248 e. The van der Waals surface area contributed by atoms with E-state index in [1.807, 2.05) is 53.3 Å². The summed E-state index contributed by atoms with van der Waals surface area (Å²) in [7, 11) is 0. The Balaban J connectivity index is 1.06. The molecule has 5 aliphatic rings. The maximum absolute atomic E-state index is 12.5. The van der Waals surface area contributed by atoms with E-state index < -0.39 is 0 Å². The van der Waals surface area contributed by atoms with Gasteiger partial charge in [0.05, 0.1) is 17.6 Å². The largest absolute Gasteiger partial charge is 0.454 e. The van der Waals surface area contributed by atoms with Gasteiger partial charge in [0.25, 0.3) is 0 Å². The number of nitrogens with zero attached hydrogens (tertiary/aromatic N) is 3. The third kappa shape index (κ3) is 3.70. The van der Waals surface area contributed by atoms with E-state index in [-0.39, 0.29) is 18.1 Å². The molecule has 8 rings (SSSR count). The summed E-state index contributed by atoms with van der Waals surface area (Å²) in [5.74, 6) is 3.84. The highest BCUT2D eigenvalue weighted by molar-refractivity contribution is 6.02. The number of benzene rings is 2. The van der Waals surface area contributed by atoms with Crippen LogP contribution in [0, 0.1) is 17.8 Å². The quantitative estimate of drug-likeness (QED) is 0.526. The molecule has 4 fully saturated rings. The van der Waals surface area contributed by atoms with Crippen LogP contribution in [0.3, 0.4) is 0 Å². The number of ether oxygens (including phenoxy) is 2. The molecule has 1 aliphatic heterocycles. The van der Waals surface area contributed by atoms with Gasteiger partial charge in [0.2, 0.25) is 12.7 Å². The lowest BCUT2D eigenvalue weighted by atomic mass is 9.49. The Morgan fingerprint density at radius 3 is 2.43 bits per heavy atom. The molecule has 0 atom stereocenters. The van der Waals surface area contributed by atoms with Gasteiger partial charge < -0.3 is 14.8 Å². The Labute approximate surface area is 204 Å². The monoisotopic (exact) mass is 468 g/mol. The van der Waals surface area contributed by atoms with Gasteiger partial charge in [0.15, 0.2) is 11.5 Å². The van der Waals surface area contributed by atoms with Crippen LogP contribution in [0.2, 0.25) is 0 Å². The predicted octanol–water partition coefficient (Wildman–Crippen LogP) is 5.12. The van der Waals surface area contributed by atoms with E-state index in [2.05, 4.69) is 15.6 Å². The normalized spacial score (nSPS) is 28.1.